The van der Waals surface area contributed by atoms with Crippen molar-refractivity contribution in [1.82, 2.24) is 9.78 Å². The smallest absolute Gasteiger partial charge is 0.292 e. The predicted octanol–water partition coefficient (Wildman–Crippen LogP) is 6.47. The number of carbonyl (C=O) groups is 1. The molecule has 6 nitrogen and oxygen atoms in total. The maximum absolute atomic E-state index is 12.7. The first-order valence-electron chi connectivity index (χ1n) is 10.8. The first-order valence-corrected chi connectivity index (χ1v) is 11.2. The number of aryl methyl sites for hydroxylation is 1. The van der Waals surface area contributed by atoms with Crippen molar-refractivity contribution in [1.29, 1.82) is 0 Å². The van der Waals surface area contributed by atoms with Gasteiger partial charge in [0, 0.05) is 22.2 Å². The summed E-state index contributed by atoms with van der Waals surface area (Å²) in [7, 11) is 0. The topological polar surface area (TPSA) is 69.3 Å². The highest BCUT2D eigenvalue weighted by molar-refractivity contribution is 6.30. The molecule has 1 amide bonds. The number of benzene rings is 3. The second kappa shape index (κ2) is 9.45. The zero-order valence-electron chi connectivity index (χ0n) is 18.5. The van der Waals surface area contributed by atoms with Crippen LogP contribution in [0, 0.1) is 6.92 Å². The van der Waals surface area contributed by atoms with E-state index >= 15 is 0 Å². The highest BCUT2D eigenvalue weighted by atomic mass is 35.5. The van der Waals surface area contributed by atoms with Gasteiger partial charge in [0.25, 0.3) is 5.91 Å². The van der Waals surface area contributed by atoms with Gasteiger partial charge in [0.15, 0.2) is 11.6 Å². The summed E-state index contributed by atoms with van der Waals surface area (Å²) in [6.45, 7) is 2.70. The Bertz CT molecular complexity index is 1470. The molecule has 2 heterocycles. The van der Waals surface area contributed by atoms with E-state index in [9.17, 15) is 4.79 Å². The number of nitrogens with zero attached hydrogens (tertiary/aromatic N) is 2. The maximum atomic E-state index is 12.7. The zero-order valence-corrected chi connectivity index (χ0v) is 19.3. The van der Waals surface area contributed by atoms with Crippen LogP contribution in [-0.4, -0.2) is 15.7 Å². The average Bonchev–Trinajstić information content (AvgIpc) is 3.44. The molecule has 0 spiro atoms. The predicted molar refractivity (Wildman–Crippen MR) is 132 cm³/mol. The van der Waals surface area contributed by atoms with Gasteiger partial charge in [-0.05, 0) is 48.2 Å². The minimum atomic E-state index is -0.371. The van der Waals surface area contributed by atoms with Crippen LogP contribution >= 0.6 is 11.6 Å². The molecule has 0 fully saturated rings. The third-order valence-electron chi connectivity index (χ3n) is 5.45. The van der Waals surface area contributed by atoms with E-state index in [1.807, 2.05) is 84.4 Å². The second-order valence-electron chi connectivity index (χ2n) is 7.94. The minimum Gasteiger partial charge on any atom is -0.485 e. The van der Waals surface area contributed by atoms with Gasteiger partial charge in [-0.15, -0.1) is 0 Å². The molecule has 0 aliphatic heterocycles. The molecule has 0 radical (unpaired) electrons. The molecular weight excluding hydrogens is 450 g/mol. The summed E-state index contributed by atoms with van der Waals surface area (Å²) >= 11 is 6.07. The van der Waals surface area contributed by atoms with Crippen LogP contribution in [0.15, 0.2) is 89.3 Å². The molecule has 0 unspecified atom stereocenters. The normalized spacial score (nSPS) is 11.0. The van der Waals surface area contributed by atoms with Crippen molar-refractivity contribution in [3.8, 4) is 5.75 Å². The fraction of sp³-hybridized carbons (Fsp3) is 0.111. The number of nitrogens with one attached hydrogen (secondary N) is 1. The van der Waals surface area contributed by atoms with Gasteiger partial charge < -0.3 is 14.5 Å². The molecule has 3 aromatic carbocycles. The summed E-state index contributed by atoms with van der Waals surface area (Å²) in [5.41, 5.74) is 1.94. The SMILES string of the molecule is Cc1cc(NC(=O)c2ccc(COc3cccc4ccccc34)o2)nn1Cc1cccc(Cl)c1. The summed E-state index contributed by atoms with van der Waals surface area (Å²) < 4.78 is 13.5. The monoisotopic (exact) mass is 471 g/mol. The van der Waals surface area contributed by atoms with E-state index in [-0.39, 0.29) is 18.3 Å². The molecule has 0 bridgehead atoms. The molecule has 7 heteroatoms. The highest BCUT2D eigenvalue weighted by Gasteiger charge is 2.15. The minimum absolute atomic E-state index is 0.193. The molecule has 0 saturated heterocycles. The van der Waals surface area contributed by atoms with Crippen molar-refractivity contribution in [2.24, 2.45) is 0 Å². The number of fused-ring (bicyclic) bond motifs is 1. The van der Waals surface area contributed by atoms with E-state index in [2.05, 4.69) is 10.4 Å². The van der Waals surface area contributed by atoms with Gasteiger partial charge in [0.05, 0.1) is 6.54 Å². The Morgan fingerprint density at radius 3 is 2.74 bits per heavy atom. The Morgan fingerprint density at radius 2 is 1.85 bits per heavy atom. The lowest BCUT2D eigenvalue weighted by atomic mass is 10.1. The molecule has 0 aliphatic rings. The first kappa shape index (κ1) is 21.8. The molecule has 0 saturated carbocycles. The van der Waals surface area contributed by atoms with Crippen LogP contribution in [0.2, 0.25) is 5.02 Å². The molecule has 34 heavy (non-hydrogen) atoms. The van der Waals surface area contributed by atoms with Gasteiger partial charge >= 0.3 is 0 Å². The van der Waals surface area contributed by atoms with Gasteiger partial charge in [-0.25, -0.2) is 0 Å². The number of furan rings is 1. The molecule has 5 rings (SSSR count). The quantitative estimate of drug-likeness (QED) is 0.295. The average molecular weight is 472 g/mol. The van der Waals surface area contributed by atoms with E-state index in [0.29, 0.717) is 23.1 Å². The number of aromatic nitrogens is 2. The van der Waals surface area contributed by atoms with E-state index in [0.717, 1.165) is 27.8 Å². The maximum Gasteiger partial charge on any atom is 0.292 e. The number of ether oxygens (including phenoxy) is 1. The van der Waals surface area contributed by atoms with Crippen LogP contribution < -0.4 is 10.1 Å². The number of hydrogen-bond acceptors (Lipinski definition) is 4. The number of amides is 1. The lowest BCUT2D eigenvalue weighted by Gasteiger charge is -2.08. The number of carbonyl (C=O) groups excluding carboxylic acids is 1. The Labute approximate surface area is 201 Å². The molecule has 0 aliphatic carbocycles. The van der Waals surface area contributed by atoms with Gasteiger partial charge in [0.2, 0.25) is 0 Å². The molecule has 2 aromatic heterocycles. The Kier molecular flexibility index (Phi) is 6.06. The number of rotatable bonds is 7. The lowest BCUT2D eigenvalue weighted by Crippen LogP contribution is -2.12. The van der Waals surface area contributed by atoms with Gasteiger partial charge in [-0.3, -0.25) is 9.48 Å². The van der Waals surface area contributed by atoms with E-state index < -0.39 is 0 Å². The lowest BCUT2D eigenvalue weighted by molar-refractivity contribution is 0.0992. The number of anilines is 1. The third-order valence-corrected chi connectivity index (χ3v) is 5.68. The Balaban J connectivity index is 1.23. The Morgan fingerprint density at radius 1 is 1.03 bits per heavy atom. The summed E-state index contributed by atoms with van der Waals surface area (Å²) in [5.74, 6) is 1.60. The summed E-state index contributed by atoms with van der Waals surface area (Å²) in [4.78, 5) is 12.7. The standard InChI is InChI=1S/C27H22ClN3O3/c1-18-14-26(30-31(18)16-19-6-4-9-21(28)15-19)29-27(32)25-13-12-22(34-25)17-33-24-11-5-8-20-7-2-3-10-23(20)24/h2-15H,16-17H2,1H3,(H,29,30,32). The zero-order chi connectivity index (χ0) is 23.5. The van der Waals surface area contributed by atoms with Gasteiger partial charge in [-0.1, -0.05) is 60.1 Å². The van der Waals surface area contributed by atoms with Crippen LogP contribution in [0.25, 0.3) is 10.8 Å². The van der Waals surface area contributed by atoms with Gasteiger partial charge in [-0.2, -0.15) is 5.10 Å². The van der Waals surface area contributed by atoms with Crippen LogP contribution in [0.4, 0.5) is 5.82 Å². The van der Waals surface area contributed by atoms with Gasteiger partial charge in [0.1, 0.15) is 18.1 Å². The van der Waals surface area contributed by atoms with E-state index in [1.54, 1.807) is 12.1 Å². The van der Waals surface area contributed by atoms with Crippen LogP contribution in [0.1, 0.15) is 27.6 Å². The first-order chi connectivity index (χ1) is 16.5. The fourth-order valence-corrected chi connectivity index (χ4v) is 3.98. The molecule has 170 valence electrons. The van der Waals surface area contributed by atoms with Crippen molar-refractivity contribution >= 4 is 34.1 Å². The summed E-state index contributed by atoms with van der Waals surface area (Å²) in [5, 5.41) is 10.1. The largest absolute Gasteiger partial charge is 0.485 e. The molecule has 1 N–H and O–H groups in total. The van der Waals surface area contributed by atoms with Crippen molar-refractivity contribution in [2.75, 3.05) is 5.32 Å². The highest BCUT2D eigenvalue weighted by Crippen LogP contribution is 2.26. The van der Waals surface area contributed by atoms with Crippen molar-refractivity contribution in [2.45, 2.75) is 20.1 Å². The summed E-state index contributed by atoms with van der Waals surface area (Å²) in [6, 6.07) is 26.7. The van der Waals surface area contributed by atoms with E-state index in [1.165, 1.54) is 0 Å². The van der Waals surface area contributed by atoms with Crippen LogP contribution in [0.5, 0.6) is 5.75 Å². The second-order valence-corrected chi connectivity index (χ2v) is 8.38. The van der Waals surface area contributed by atoms with E-state index in [4.69, 9.17) is 20.8 Å². The van der Waals surface area contributed by atoms with Crippen molar-refractivity contribution in [3.63, 3.8) is 0 Å². The molecular formula is C27H22ClN3O3. The third kappa shape index (κ3) is 4.82. The van der Waals surface area contributed by atoms with Crippen LogP contribution in [-0.2, 0) is 13.2 Å². The number of halogens is 1. The fourth-order valence-electron chi connectivity index (χ4n) is 3.77. The van der Waals surface area contributed by atoms with Crippen molar-refractivity contribution in [3.05, 3.63) is 113 Å². The summed E-state index contributed by atoms with van der Waals surface area (Å²) in [6.07, 6.45) is 0. The van der Waals surface area contributed by atoms with Crippen molar-refractivity contribution < 1.29 is 13.9 Å². The Hall–Kier alpha value is -4.03. The van der Waals surface area contributed by atoms with Crippen LogP contribution in [0.3, 0.4) is 0 Å². The number of hydrogen-bond donors (Lipinski definition) is 1. The molecule has 0 atom stereocenters. The molecule has 5 aromatic rings.